The smallest absolute Gasteiger partial charge is 0.242 e. The first-order valence-corrected chi connectivity index (χ1v) is 5.10. The Hall–Kier alpha value is -1.46. The molecule has 1 aliphatic carbocycles. The van der Waals surface area contributed by atoms with Gasteiger partial charge in [-0.1, -0.05) is 0 Å². The maximum absolute atomic E-state index is 12.5. The molecule has 1 aromatic heterocycles. The molecule has 0 unspecified atom stereocenters. The number of alkyl halides is 2. The van der Waals surface area contributed by atoms with E-state index in [1.165, 1.54) is 7.11 Å². The standard InChI is InChI=1S/C10H13F2N3O/c1-16-9-6(4-7(11)12)8(5-2-3-5)14-10(13)15-9/h5,7H,2-4H2,1H3,(H2,13,14,15). The van der Waals surface area contributed by atoms with E-state index in [4.69, 9.17) is 10.5 Å². The van der Waals surface area contributed by atoms with Gasteiger partial charge in [-0.2, -0.15) is 4.98 Å². The summed E-state index contributed by atoms with van der Waals surface area (Å²) in [4.78, 5) is 7.88. The fraction of sp³-hybridized carbons (Fsp3) is 0.600. The first kappa shape index (κ1) is 11.0. The summed E-state index contributed by atoms with van der Waals surface area (Å²) < 4.78 is 29.9. The van der Waals surface area contributed by atoms with Crippen LogP contribution in [-0.2, 0) is 6.42 Å². The van der Waals surface area contributed by atoms with Crippen LogP contribution in [0.1, 0.15) is 30.0 Å². The molecule has 1 saturated carbocycles. The van der Waals surface area contributed by atoms with E-state index in [0.717, 1.165) is 12.8 Å². The zero-order chi connectivity index (χ0) is 11.7. The van der Waals surface area contributed by atoms with Crippen molar-refractivity contribution in [1.29, 1.82) is 0 Å². The molecule has 4 nitrogen and oxygen atoms in total. The molecule has 1 fully saturated rings. The molecule has 0 atom stereocenters. The minimum absolute atomic E-state index is 0.0803. The Kier molecular flexibility index (Phi) is 2.89. The number of nitrogens with two attached hydrogens (primary N) is 1. The molecule has 0 saturated heterocycles. The lowest BCUT2D eigenvalue weighted by Crippen LogP contribution is -2.10. The Balaban J connectivity index is 2.42. The van der Waals surface area contributed by atoms with Crippen LogP contribution >= 0.6 is 0 Å². The van der Waals surface area contributed by atoms with Gasteiger partial charge in [0.1, 0.15) is 0 Å². The molecule has 0 aliphatic heterocycles. The van der Waals surface area contributed by atoms with Crippen LogP contribution in [0.5, 0.6) is 5.88 Å². The zero-order valence-corrected chi connectivity index (χ0v) is 8.91. The van der Waals surface area contributed by atoms with Crippen LogP contribution in [0, 0.1) is 0 Å². The minimum atomic E-state index is -2.43. The van der Waals surface area contributed by atoms with Gasteiger partial charge in [-0.25, -0.2) is 13.8 Å². The van der Waals surface area contributed by atoms with Gasteiger partial charge >= 0.3 is 0 Å². The number of nitrogen functional groups attached to an aromatic ring is 1. The van der Waals surface area contributed by atoms with Crippen LogP contribution in [0.4, 0.5) is 14.7 Å². The van der Waals surface area contributed by atoms with Gasteiger partial charge < -0.3 is 10.5 Å². The normalized spacial score (nSPS) is 15.5. The summed E-state index contributed by atoms with van der Waals surface area (Å²) in [5, 5.41) is 0. The highest BCUT2D eigenvalue weighted by Gasteiger charge is 2.31. The minimum Gasteiger partial charge on any atom is -0.481 e. The van der Waals surface area contributed by atoms with Gasteiger partial charge in [-0.15, -0.1) is 0 Å². The molecule has 2 rings (SSSR count). The highest BCUT2D eigenvalue weighted by atomic mass is 19.3. The monoisotopic (exact) mass is 229 g/mol. The first-order valence-electron chi connectivity index (χ1n) is 5.10. The topological polar surface area (TPSA) is 61.0 Å². The predicted molar refractivity (Wildman–Crippen MR) is 54.7 cm³/mol. The number of nitrogens with zero attached hydrogens (tertiary/aromatic N) is 2. The van der Waals surface area contributed by atoms with Gasteiger partial charge in [0.25, 0.3) is 0 Å². The van der Waals surface area contributed by atoms with Crippen molar-refractivity contribution in [2.45, 2.75) is 31.6 Å². The molecule has 0 spiro atoms. The van der Waals surface area contributed by atoms with E-state index in [0.29, 0.717) is 11.3 Å². The van der Waals surface area contributed by atoms with Crippen molar-refractivity contribution in [2.24, 2.45) is 0 Å². The number of rotatable bonds is 4. The maximum Gasteiger partial charge on any atom is 0.242 e. The lowest BCUT2D eigenvalue weighted by molar-refractivity contribution is 0.147. The molecular formula is C10H13F2N3O. The fourth-order valence-corrected chi connectivity index (χ4v) is 1.71. The molecule has 2 N–H and O–H groups in total. The van der Waals surface area contributed by atoms with Crippen LogP contribution < -0.4 is 10.5 Å². The molecular weight excluding hydrogens is 216 g/mol. The van der Waals surface area contributed by atoms with Crippen molar-refractivity contribution in [3.8, 4) is 5.88 Å². The summed E-state index contributed by atoms with van der Waals surface area (Å²) >= 11 is 0. The Labute approximate surface area is 91.8 Å². The summed E-state index contributed by atoms with van der Waals surface area (Å²) in [7, 11) is 1.40. The van der Waals surface area contributed by atoms with Gasteiger partial charge in [-0.3, -0.25) is 0 Å². The Morgan fingerprint density at radius 1 is 1.44 bits per heavy atom. The Morgan fingerprint density at radius 2 is 2.12 bits per heavy atom. The lowest BCUT2D eigenvalue weighted by Gasteiger charge is -2.12. The second-order valence-electron chi connectivity index (χ2n) is 3.82. The maximum atomic E-state index is 12.5. The average Bonchev–Trinajstić information content (AvgIpc) is 3.02. The van der Waals surface area contributed by atoms with Crippen LogP contribution in [0.2, 0.25) is 0 Å². The van der Waals surface area contributed by atoms with Crippen molar-refractivity contribution in [2.75, 3.05) is 12.8 Å². The summed E-state index contributed by atoms with van der Waals surface area (Å²) in [6.45, 7) is 0. The molecule has 1 aromatic rings. The van der Waals surface area contributed by atoms with E-state index in [1.807, 2.05) is 0 Å². The molecule has 1 aliphatic rings. The summed E-state index contributed by atoms with van der Waals surface area (Å²) in [5.41, 5.74) is 6.54. The van der Waals surface area contributed by atoms with Crippen molar-refractivity contribution in [1.82, 2.24) is 9.97 Å². The second-order valence-corrected chi connectivity index (χ2v) is 3.82. The number of hydrogen-bond acceptors (Lipinski definition) is 4. The summed E-state index contributed by atoms with van der Waals surface area (Å²) in [6.07, 6.45) is -0.875. The quantitative estimate of drug-likeness (QED) is 0.854. The van der Waals surface area contributed by atoms with E-state index in [-0.39, 0.29) is 24.2 Å². The average molecular weight is 229 g/mol. The number of methoxy groups -OCH3 is 1. The van der Waals surface area contributed by atoms with Crippen molar-refractivity contribution < 1.29 is 13.5 Å². The Bertz CT molecular complexity index is 394. The first-order chi connectivity index (χ1) is 7.61. The highest BCUT2D eigenvalue weighted by molar-refractivity contribution is 5.39. The third-order valence-electron chi connectivity index (χ3n) is 2.53. The number of hydrogen-bond donors (Lipinski definition) is 1. The van der Waals surface area contributed by atoms with E-state index in [1.54, 1.807) is 0 Å². The van der Waals surface area contributed by atoms with Gasteiger partial charge in [0.2, 0.25) is 18.3 Å². The van der Waals surface area contributed by atoms with E-state index in [9.17, 15) is 8.78 Å². The summed E-state index contributed by atoms with van der Waals surface area (Å²) in [6, 6.07) is 0. The van der Waals surface area contributed by atoms with E-state index in [2.05, 4.69) is 9.97 Å². The molecule has 16 heavy (non-hydrogen) atoms. The lowest BCUT2D eigenvalue weighted by atomic mass is 10.1. The molecule has 88 valence electrons. The van der Waals surface area contributed by atoms with Crippen LogP contribution in [0.15, 0.2) is 0 Å². The molecule has 6 heteroatoms. The fourth-order valence-electron chi connectivity index (χ4n) is 1.71. The number of halogens is 2. The Morgan fingerprint density at radius 3 is 2.62 bits per heavy atom. The van der Waals surface area contributed by atoms with Crippen molar-refractivity contribution in [3.63, 3.8) is 0 Å². The van der Waals surface area contributed by atoms with Crippen LogP contribution in [-0.4, -0.2) is 23.5 Å². The molecule has 0 aromatic carbocycles. The van der Waals surface area contributed by atoms with E-state index >= 15 is 0 Å². The second kappa shape index (κ2) is 4.19. The van der Waals surface area contributed by atoms with Crippen molar-refractivity contribution in [3.05, 3.63) is 11.3 Å². The molecule has 0 bridgehead atoms. The zero-order valence-electron chi connectivity index (χ0n) is 8.91. The molecule has 0 radical (unpaired) electrons. The molecule has 1 heterocycles. The van der Waals surface area contributed by atoms with Crippen molar-refractivity contribution >= 4 is 5.95 Å². The largest absolute Gasteiger partial charge is 0.481 e. The van der Waals surface area contributed by atoms with Gasteiger partial charge in [0, 0.05) is 17.9 Å². The molecule has 0 amide bonds. The third kappa shape index (κ3) is 2.20. The van der Waals surface area contributed by atoms with Gasteiger partial charge in [-0.05, 0) is 12.8 Å². The van der Waals surface area contributed by atoms with E-state index < -0.39 is 6.43 Å². The number of aromatic nitrogens is 2. The SMILES string of the molecule is COc1nc(N)nc(C2CC2)c1CC(F)F. The number of anilines is 1. The highest BCUT2D eigenvalue weighted by Crippen LogP contribution is 2.42. The summed E-state index contributed by atoms with van der Waals surface area (Å²) in [5.74, 6) is 0.499. The van der Waals surface area contributed by atoms with Gasteiger partial charge in [0.15, 0.2) is 0 Å². The third-order valence-corrected chi connectivity index (χ3v) is 2.53. The predicted octanol–water partition coefficient (Wildman–Crippen LogP) is 1.75. The van der Waals surface area contributed by atoms with Crippen LogP contribution in [0.3, 0.4) is 0 Å². The van der Waals surface area contributed by atoms with Gasteiger partial charge in [0.05, 0.1) is 12.8 Å². The number of ether oxygens (including phenoxy) is 1. The van der Waals surface area contributed by atoms with Crippen LogP contribution in [0.25, 0.3) is 0 Å².